The van der Waals surface area contributed by atoms with Crippen molar-refractivity contribution >= 4 is 29.1 Å². The van der Waals surface area contributed by atoms with Gasteiger partial charge in [-0.1, -0.05) is 0 Å². The number of benzene rings is 1. The van der Waals surface area contributed by atoms with Crippen LogP contribution in [0.5, 0.6) is 11.5 Å². The largest absolute Gasteiger partial charge is 0.497 e. The Labute approximate surface area is 166 Å². The Bertz CT molecular complexity index is 930. The van der Waals surface area contributed by atoms with E-state index in [-0.39, 0.29) is 17.2 Å². The smallest absolute Gasteiger partial charge is 0.252 e. The van der Waals surface area contributed by atoms with E-state index in [1.165, 1.54) is 19.1 Å². The number of amides is 2. The van der Waals surface area contributed by atoms with Gasteiger partial charge in [-0.15, -0.1) is 0 Å². The minimum atomic E-state index is -0.854. The molecule has 1 atom stereocenters. The molecule has 2 amide bonds. The van der Waals surface area contributed by atoms with Gasteiger partial charge < -0.3 is 31.2 Å². The molecule has 5 N–H and O–H groups in total. The predicted octanol–water partition coefficient (Wildman–Crippen LogP) is 1.53. The van der Waals surface area contributed by atoms with Crippen LogP contribution in [0.3, 0.4) is 0 Å². The van der Waals surface area contributed by atoms with Crippen LogP contribution in [0.25, 0.3) is 0 Å². The molecule has 1 saturated heterocycles. The average molecular weight is 403 g/mol. The van der Waals surface area contributed by atoms with Crippen molar-refractivity contribution in [2.45, 2.75) is 18.9 Å². The highest BCUT2D eigenvalue weighted by Gasteiger charge is 2.32. The highest BCUT2D eigenvalue weighted by molar-refractivity contribution is 5.98. The molecule has 1 aromatic carbocycles. The van der Waals surface area contributed by atoms with E-state index < -0.39 is 23.7 Å². The van der Waals surface area contributed by atoms with Gasteiger partial charge in [0.25, 0.3) is 5.91 Å². The zero-order valence-electron chi connectivity index (χ0n) is 16.1. The van der Waals surface area contributed by atoms with Crippen molar-refractivity contribution in [2.75, 3.05) is 31.0 Å². The number of ether oxygens (including phenoxy) is 2. The van der Waals surface area contributed by atoms with E-state index in [4.69, 9.17) is 20.9 Å². The van der Waals surface area contributed by atoms with Gasteiger partial charge in [0.1, 0.15) is 23.4 Å². The normalized spacial score (nSPS) is 15.8. The SMILES string of the molecule is COc1cc(Nc2nc(N3CCCC3C(N)=O)c(F)cc2C(N)=O)cc(OC)c1. The molecule has 2 aromatic rings. The molecular formula is C19H22FN5O4. The Morgan fingerprint density at radius 3 is 2.38 bits per heavy atom. The summed E-state index contributed by atoms with van der Waals surface area (Å²) in [5, 5.41) is 2.96. The van der Waals surface area contributed by atoms with Crippen LogP contribution < -0.4 is 31.2 Å². The van der Waals surface area contributed by atoms with Gasteiger partial charge in [-0.05, 0) is 18.9 Å². The maximum absolute atomic E-state index is 14.7. The molecule has 29 heavy (non-hydrogen) atoms. The summed E-state index contributed by atoms with van der Waals surface area (Å²) in [4.78, 5) is 29.3. The van der Waals surface area contributed by atoms with Crippen LogP contribution >= 0.6 is 0 Å². The molecule has 3 rings (SSSR count). The number of halogens is 1. The first kappa shape index (κ1) is 20.2. The van der Waals surface area contributed by atoms with Gasteiger partial charge in [0.05, 0.1) is 19.8 Å². The number of aromatic nitrogens is 1. The summed E-state index contributed by atoms with van der Waals surface area (Å²) in [5.74, 6) is -1.21. The number of hydrogen-bond acceptors (Lipinski definition) is 7. The first-order valence-corrected chi connectivity index (χ1v) is 8.90. The third-order valence-electron chi connectivity index (χ3n) is 4.69. The third-order valence-corrected chi connectivity index (χ3v) is 4.69. The van der Waals surface area contributed by atoms with Gasteiger partial charge in [0.2, 0.25) is 5.91 Å². The van der Waals surface area contributed by atoms with Crippen molar-refractivity contribution in [3.05, 3.63) is 35.6 Å². The zero-order valence-corrected chi connectivity index (χ0v) is 16.1. The van der Waals surface area contributed by atoms with Crippen LogP contribution in [0, 0.1) is 5.82 Å². The summed E-state index contributed by atoms with van der Waals surface area (Å²) in [7, 11) is 3.00. The number of primary amides is 2. The van der Waals surface area contributed by atoms with Gasteiger partial charge in [-0.25, -0.2) is 9.37 Å². The Morgan fingerprint density at radius 2 is 1.83 bits per heavy atom. The summed E-state index contributed by atoms with van der Waals surface area (Å²) in [6.45, 7) is 0.417. The molecule has 1 aliphatic rings. The second-order valence-electron chi connectivity index (χ2n) is 6.53. The fourth-order valence-electron chi connectivity index (χ4n) is 3.30. The van der Waals surface area contributed by atoms with Crippen molar-refractivity contribution in [1.82, 2.24) is 4.98 Å². The summed E-state index contributed by atoms with van der Waals surface area (Å²) >= 11 is 0. The van der Waals surface area contributed by atoms with Crippen molar-refractivity contribution in [2.24, 2.45) is 11.5 Å². The van der Waals surface area contributed by atoms with Crippen LogP contribution in [-0.2, 0) is 4.79 Å². The van der Waals surface area contributed by atoms with E-state index in [0.717, 1.165) is 6.07 Å². The lowest BCUT2D eigenvalue weighted by Crippen LogP contribution is -2.41. The van der Waals surface area contributed by atoms with Crippen molar-refractivity contribution in [1.29, 1.82) is 0 Å². The fraction of sp³-hybridized carbons (Fsp3) is 0.316. The molecular weight excluding hydrogens is 381 g/mol. The van der Waals surface area contributed by atoms with Crippen LogP contribution in [0.15, 0.2) is 24.3 Å². The number of rotatable bonds is 7. The maximum Gasteiger partial charge on any atom is 0.252 e. The Kier molecular flexibility index (Phi) is 5.71. The minimum absolute atomic E-state index is 0.0410. The lowest BCUT2D eigenvalue weighted by Gasteiger charge is -2.25. The second-order valence-corrected chi connectivity index (χ2v) is 6.53. The zero-order chi connectivity index (χ0) is 21.1. The molecule has 0 spiro atoms. The molecule has 10 heteroatoms. The quantitative estimate of drug-likeness (QED) is 0.638. The number of methoxy groups -OCH3 is 2. The Hall–Kier alpha value is -3.56. The molecule has 1 fully saturated rings. The summed E-state index contributed by atoms with van der Waals surface area (Å²) in [6.07, 6.45) is 1.17. The van der Waals surface area contributed by atoms with E-state index >= 15 is 0 Å². The number of anilines is 3. The Morgan fingerprint density at radius 1 is 1.17 bits per heavy atom. The molecule has 9 nitrogen and oxygen atoms in total. The number of carbonyl (C=O) groups is 2. The van der Waals surface area contributed by atoms with Crippen molar-refractivity contribution in [3.8, 4) is 11.5 Å². The van der Waals surface area contributed by atoms with Gasteiger partial charge in [-0.2, -0.15) is 0 Å². The number of hydrogen-bond donors (Lipinski definition) is 3. The van der Waals surface area contributed by atoms with Crippen LogP contribution in [0.1, 0.15) is 23.2 Å². The summed E-state index contributed by atoms with van der Waals surface area (Å²) < 4.78 is 25.2. The third kappa shape index (κ3) is 4.15. The van der Waals surface area contributed by atoms with E-state index in [0.29, 0.717) is 36.6 Å². The minimum Gasteiger partial charge on any atom is -0.497 e. The molecule has 0 bridgehead atoms. The first-order chi connectivity index (χ1) is 13.8. The average Bonchev–Trinajstić information content (AvgIpc) is 3.18. The van der Waals surface area contributed by atoms with Gasteiger partial charge in [0, 0.05) is 30.4 Å². The number of nitrogens with one attached hydrogen (secondary N) is 1. The van der Waals surface area contributed by atoms with Gasteiger partial charge >= 0.3 is 0 Å². The number of nitrogens with two attached hydrogens (primary N) is 2. The molecule has 1 aromatic heterocycles. The molecule has 0 aliphatic carbocycles. The summed E-state index contributed by atoms with van der Waals surface area (Å²) in [6, 6.07) is 5.31. The van der Waals surface area contributed by atoms with E-state index in [9.17, 15) is 14.0 Å². The number of nitrogens with zero attached hydrogens (tertiary/aromatic N) is 2. The highest BCUT2D eigenvalue weighted by atomic mass is 19.1. The Balaban J connectivity index is 2.05. The molecule has 1 unspecified atom stereocenters. The van der Waals surface area contributed by atoms with Crippen LogP contribution in [0.2, 0.25) is 0 Å². The van der Waals surface area contributed by atoms with Crippen LogP contribution in [-0.4, -0.2) is 43.6 Å². The monoisotopic (exact) mass is 403 g/mol. The number of carbonyl (C=O) groups excluding carboxylic acids is 2. The van der Waals surface area contributed by atoms with Crippen molar-refractivity contribution < 1.29 is 23.5 Å². The second kappa shape index (κ2) is 8.21. The number of pyridine rings is 1. The maximum atomic E-state index is 14.7. The lowest BCUT2D eigenvalue weighted by atomic mass is 10.2. The van der Waals surface area contributed by atoms with Crippen molar-refractivity contribution in [3.63, 3.8) is 0 Å². The van der Waals surface area contributed by atoms with E-state index in [2.05, 4.69) is 10.3 Å². The standard InChI is InChI=1S/C19H22FN5O4/c1-28-11-6-10(7-12(8-11)29-2)23-18-13(16(21)26)9-14(20)19(24-18)25-5-3-4-15(25)17(22)27/h6-9,15H,3-5H2,1-2H3,(H2,21,26)(H2,22,27)(H,23,24). The van der Waals surface area contributed by atoms with Crippen LogP contribution in [0.4, 0.5) is 21.7 Å². The summed E-state index contributed by atoms with van der Waals surface area (Å²) in [5.41, 5.74) is 11.2. The molecule has 1 aliphatic heterocycles. The molecule has 154 valence electrons. The first-order valence-electron chi connectivity index (χ1n) is 8.90. The molecule has 2 heterocycles. The topological polar surface area (TPSA) is 133 Å². The predicted molar refractivity (Wildman–Crippen MR) is 105 cm³/mol. The lowest BCUT2D eigenvalue weighted by molar-refractivity contribution is -0.119. The fourth-order valence-corrected chi connectivity index (χ4v) is 3.30. The van der Waals surface area contributed by atoms with E-state index in [1.807, 2.05) is 0 Å². The molecule has 0 radical (unpaired) electrons. The highest BCUT2D eigenvalue weighted by Crippen LogP contribution is 2.32. The van der Waals surface area contributed by atoms with E-state index in [1.54, 1.807) is 18.2 Å². The van der Waals surface area contributed by atoms with Gasteiger partial charge in [-0.3, -0.25) is 9.59 Å². The molecule has 0 saturated carbocycles. The van der Waals surface area contributed by atoms with Gasteiger partial charge in [0.15, 0.2) is 11.6 Å².